The summed E-state index contributed by atoms with van der Waals surface area (Å²) in [6, 6.07) is 25.5. The van der Waals surface area contributed by atoms with Gasteiger partial charge >= 0.3 is 0 Å². The lowest BCUT2D eigenvalue weighted by atomic mass is 10.1. The monoisotopic (exact) mass is 621 g/mol. The number of amides is 2. The Hall–Kier alpha value is -4.54. The predicted octanol–water partition coefficient (Wildman–Crippen LogP) is 5.55. The van der Waals surface area contributed by atoms with Crippen molar-refractivity contribution < 1.29 is 27.5 Å². The highest BCUT2D eigenvalue weighted by molar-refractivity contribution is 7.92. The third-order valence-electron chi connectivity index (χ3n) is 6.61. The molecule has 4 aromatic rings. The Morgan fingerprint density at radius 3 is 2.19 bits per heavy atom. The molecule has 4 aromatic carbocycles. The van der Waals surface area contributed by atoms with Crippen LogP contribution in [0.15, 0.2) is 91.0 Å². The number of nitrogens with one attached hydrogen (secondary N) is 2. The largest absolute Gasteiger partial charge is 0.493 e. The molecule has 224 valence electrons. The highest BCUT2D eigenvalue weighted by Gasteiger charge is 2.19. The van der Waals surface area contributed by atoms with Crippen LogP contribution in [-0.4, -0.2) is 47.3 Å². The molecule has 2 amide bonds. The minimum absolute atomic E-state index is 0.0629. The third kappa shape index (κ3) is 8.27. The first kappa shape index (κ1) is 31.4. The minimum Gasteiger partial charge on any atom is -0.493 e. The molecule has 0 radical (unpaired) electrons. The Balaban J connectivity index is 1.40. The van der Waals surface area contributed by atoms with Crippen LogP contribution in [0.1, 0.15) is 31.8 Å². The van der Waals surface area contributed by atoms with E-state index in [1.807, 2.05) is 18.2 Å². The number of benzene rings is 4. The summed E-state index contributed by atoms with van der Waals surface area (Å²) in [4.78, 5) is 26.1. The van der Waals surface area contributed by atoms with Gasteiger partial charge in [0.15, 0.2) is 11.5 Å². The van der Waals surface area contributed by atoms with E-state index in [-0.39, 0.29) is 12.5 Å². The number of halogens is 1. The smallest absolute Gasteiger partial charge is 0.255 e. The average molecular weight is 622 g/mol. The SMILES string of the molecule is COc1ccc(CCNC(=O)c2ccccc2NC(=O)c2ccc(CN(c3cccc(Cl)c3)S(C)(=O)=O)cc2)cc1OC. The van der Waals surface area contributed by atoms with E-state index in [1.165, 1.54) is 4.31 Å². The van der Waals surface area contributed by atoms with Gasteiger partial charge in [0, 0.05) is 17.1 Å². The van der Waals surface area contributed by atoms with Gasteiger partial charge in [-0.25, -0.2) is 8.42 Å². The van der Waals surface area contributed by atoms with E-state index in [2.05, 4.69) is 10.6 Å². The van der Waals surface area contributed by atoms with Crippen molar-refractivity contribution in [2.24, 2.45) is 0 Å². The van der Waals surface area contributed by atoms with E-state index in [4.69, 9.17) is 21.1 Å². The Morgan fingerprint density at radius 1 is 0.814 bits per heavy atom. The molecular formula is C32H32ClN3O6S. The molecule has 11 heteroatoms. The van der Waals surface area contributed by atoms with Crippen molar-refractivity contribution in [3.63, 3.8) is 0 Å². The summed E-state index contributed by atoms with van der Waals surface area (Å²) in [5.41, 5.74) is 3.12. The van der Waals surface area contributed by atoms with Crippen LogP contribution in [0.4, 0.5) is 11.4 Å². The maximum Gasteiger partial charge on any atom is 0.255 e. The van der Waals surface area contributed by atoms with E-state index in [9.17, 15) is 18.0 Å². The van der Waals surface area contributed by atoms with E-state index in [1.54, 1.807) is 87.0 Å². The van der Waals surface area contributed by atoms with Crippen LogP contribution in [0.2, 0.25) is 5.02 Å². The fourth-order valence-corrected chi connectivity index (χ4v) is 5.46. The van der Waals surface area contributed by atoms with Crippen LogP contribution in [0, 0.1) is 0 Å². The number of nitrogens with zero attached hydrogens (tertiary/aromatic N) is 1. The van der Waals surface area contributed by atoms with E-state index >= 15 is 0 Å². The number of carbonyl (C=O) groups is 2. The molecular weight excluding hydrogens is 590 g/mol. The van der Waals surface area contributed by atoms with Gasteiger partial charge in [0.2, 0.25) is 10.0 Å². The van der Waals surface area contributed by atoms with Crippen molar-refractivity contribution in [2.45, 2.75) is 13.0 Å². The Bertz CT molecular complexity index is 1710. The van der Waals surface area contributed by atoms with Crippen LogP contribution in [0.25, 0.3) is 0 Å². The first-order valence-electron chi connectivity index (χ1n) is 13.3. The zero-order valence-electron chi connectivity index (χ0n) is 24.0. The molecule has 2 N–H and O–H groups in total. The van der Waals surface area contributed by atoms with Crippen molar-refractivity contribution in [3.05, 3.63) is 118 Å². The Kier molecular flexibility index (Phi) is 10.3. The molecule has 0 spiro atoms. The van der Waals surface area contributed by atoms with E-state index in [0.717, 1.165) is 11.8 Å². The fraction of sp³-hybridized carbons (Fsp3) is 0.188. The zero-order chi connectivity index (χ0) is 31.0. The molecule has 43 heavy (non-hydrogen) atoms. The molecule has 0 aliphatic rings. The Morgan fingerprint density at radius 2 is 1.51 bits per heavy atom. The molecule has 0 atom stereocenters. The molecule has 0 aliphatic carbocycles. The van der Waals surface area contributed by atoms with Gasteiger partial charge in [0.1, 0.15) is 0 Å². The van der Waals surface area contributed by atoms with Gasteiger partial charge in [-0.3, -0.25) is 13.9 Å². The second-order valence-corrected chi connectivity index (χ2v) is 12.0. The molecule has 4 rings (SSSR count). The van der Waals surface area contributed by atoms with Crippen LogP contribution >= 0.6 is 11.6 Å². The van der Waals surface area contributed by atoms with Gasteiger partial charge in [-0.15, -0.1) is 0 Å². The van der Waals surface area contributed by atoms with Gasteiger partial charge in [-0.1, -0.05) is 48.0 Å². The number of carbonyl (C=O) groups excluding carboxylic acids is 2. The standard InChI is InChI=1S/C32H32ClN3O6S/c1-41-29-16-13-22(19-30(29)42-2)17-18-34-32(38)27-9-4-5-10-28(27)35-31(37)24-14-11-23(12-15-24)21-36(43(3,39)40)26-8-6-7-25(33)20-26/h4-16,19-20H,17-18,21H2,1-3H3,(H,34,38)(H,35,37). The van der Waals surface area contributed by atoms with Crippen molar-refractivity contribution in [1.29, 1.82) is 0 Å². The highest BCUT2D eigenvalue weighted by Crippen LogP contribution is 2.28. The highest BCUT2D eigenvalue weighted by atomic mass is 35.5. The van der Waals surface area contributed by atoms with E-state index < -0.39 is 15.9 Å². The maximum absolute atomic E-state index is 13.1. The number of sulfonamides is 1. The number of anilines is 2. The fourth-order valence-electron chi connectivity index (χ4n) is 4.39. The van der Waals surface area contributed by atoms with Gasteiger partial charge in [0.05, 0.1) is 44.0 Å². The number of hydrogen-bond acceptors (Lipinski definition) is 6. The van der Waals surface area contributed by atoms with Crippen LogP contribution in [0.3, 0.4) is 0 Å². The first-order valence-corrected chi connectivity index (χ1v) is 15.5. The zero-order valence-corrected chi connectivity index (χ0v) is 25.5. The molecule has 0 bridgehead atoms. The summed E-state index contributed by atoms with van der Waals surface area (Å²) >= 11 is 6.07. The Labute approximate surface area is 256 Å². The molecule has 0 aromatic heterocycles. The summed E-state index contributed by atoms with van der Waals surface area (Å²) in [5, 5.41) is 6.13. The average Bonchev–Trinajstić information content (AvgIpc) is 2.99. The summed E-state index contributed by atoms with van der Waals surface area (Å²) in [6.07, 6.45) is 1.70. The molecule has 0 saturated carbocycles. The summed E-state index contributed by atoms with van der Waals surface area (Å²) in [7, 11) is -0.456. The quantitative estimate of drug-likeness (QED) is 0.214. The third-order valence-corrected chi connectivity index (χ3v) is 7.98. The van der Waals surface area contributed by atoms with Crippen molar-refractivity contribution >= 4 is 44.8 Å². The van der Waals surface area contributed by atoms with Crippen LogP contribution < -0.4 is 24.4 Å². The summed E-state index contributed by atoms with van der Waals surface area (Å²) in [5.74, 6) is 0.504. The lowest BCUT2D eigenvalue weighted by molar-refractivity contribution is 0.0955. The predicted molar refractivity (Wildman–Crippen MR) is 169 cm³/mol. The first-order chi connectivity index (χ1) is 20.6. The molecule has 0 aliphatic heterocycles. The van der Waals surface area contributed by atoms with Crippen molar-refractivity contribution in [1.82, 2.24) is 5.32 Å². The molecule has 0 unspecified atom stereocenters. The minimum atomic E-state index is -3.59. The summed E-state index contributed by atoms with van der Waals surface area (Å²) < 4.78 is 36.8. The van der Waals surface area contributed by atoms with Crippen molar-refractivity contribution in [3.8, 4) is 11.5 Å². The number of methoxy groups -OCH3 is 2. The normalized spacial score (nSPS) is 11.0. The van der Waals surface area contributed by atoms with Gasteiger partial charge in [-0.2, -0.15) is 0 Å². The van der Waals surface area contributed by atoms with E-state index in [0.29, 0.717) is 57.6 Å². The topological polar surface area (TPSA) is 114 Å². The lowest BCUT2D eigenvalue weighted by Gasteiger charge is -2.22. The lowest BCUT2D eigenvalue weighted by Crippen LogP contribution is -2.29. The molecule has 0 saturated heterocycles. The molecule has 0 heterocycles. The van der Waals surface area contributed by atoms with Crippen LogP contribution in [-0.2, 0) is 23.0 Å². The van der Waals surface area contributed by atoms with Gasteiger partial charge in [-0.05, 0) is 72.1 Å². The number of rotatable bonds is 12. The second kappa shape index (κ2) is 14.1. The van der Waals surface area contributed by atoms with Gasteiger partial charge < -0.3 is 20.1 Å². The molecule has 0 fully saturated rings. The number of hydrogen-bond donors (Lipinski definition) is 2. The van der Waals surface area contributed by atoms with Gasteiger partial charge in [0.25, 0.3) is 11.8 Å². The van der Waals surface area contributed by atoms with Crippen molar-refractivity contribution in [2.75, 3.05) is 36.6 Å². The maximum atomic E-state index is 13.1. The molecule has 9 nitrogen and oxygen atoms in total. The second-order valence-electron chi connectivity index (χ2n) is 9.64. The van der Waals surface area contributed by atoms with Crippen LogP contribution in [0.5, 0.6) is 11.5 Å². The number of para-hydroxylation sites is 1. The summed E-state index contributed by atoms with van der Waals surface area (Å²) in [6.45, 7) is 0.436. The number of ether oxygens (including phenoxy) is 2.